The van der Waals surface area contributed by atoms with Crippen molar-refractivity contribution in [2.45, 2.75) is 4.90 Å². The zero-order chi connectivity index (χ0) is 13.3. The van der Waals surface area contributed by atoms with E-state index in [2.05, 4.69) is 0 Å². The van der Waals surface area contributed by atoms with Crippen LogP contribution in [0, 0.1) is 0 Å². The Kier molecular flexibility index (Phi) is 3.65. The summed E-state index contributed by atoms with van der Waals surface area (Å²) in [5, 5.41) is 9.23. The van der Waals surface area contributed by atoms with E-state index >= 15 is 0 Å². The molecule has 17 heavy (non-hydrogen) atoms. The lowest BCUT2D eigenvalue weighted by atomic mass is 10.3. The van der Waals surface area contributed by atoms with Gasteiger partial charge in [-0.25, -0.2) is 8.42 Å². The van der Waals surface area contributed by atoms with Gasteiger partial charge in [0.1, 0.15) is 5.75 Å². The summed E-state index contributed by atoms with van der Waals surface area (Å²) in [6.07, 6.45) is 0. The molecule has 0 unspecified atom stereocenters. The molecule has 0 heterocycles. The van der Waals surface area contributed by atoms with Crippen molar-refractivity contribution in [1.29, 1.82) is 0 Å². The van der Waals surface area contributed by atoms with E-state index in [1.807, 2.05) is 0 Å². The molecule has 96 valence electrons. The molecule has 0 bridgehead atoms. The maximum Gasteiger partial charge on any atom is 0.265 e. The lowest BCUT2D eigenvalue weighted by Crippen LogP contribution is -2.16. The summed E-state index contributed by atoms with van der Waals surface area (Å²) in [4.78, 5) is -0.257. The standard InChI is InChI=1S/C8H11NO6S2/c9-7-2-1-6(5-8(7)10)16(11,12)3-4-17(13,14)15/h1-2,5,10H,3-4,9H2,(H,13,14,15). The first-order valence-electron chi connectivity index (χ1n) is 4.38. The van der Waals surface area contributed by atoms with E-state index < -0.39 is 37.2 Å². The fraction of sp³-hybridized carbons (Fsp3) is 0.250. The molecule has 0 aliphatic heterocycles. The Morgan fingerprint density at radius 2 is 1.71 bits per heavy atom. The first-order chi connectivity index (χ1) is 7.62. The molecule has 1 aromatic carbocycles. The van der Waals surface area contributed by atoms with Crippen molar-refractivity contribution in [1.82, 2.24) is 0 Å². The molecule has 0 spiro atoms. The van der Waals surface area contributed by atoms with E-state index in [4.69, 9.17) is 10.3 Å². The van der Waals surface area contributed by atoms with E-state index in [-0.39, 0.29) is 10.6 Å². The van der Waals surface area contributed by atoms with Gasteiger partial charge in [0.25, 0.3) is 10.1 Å². The molecule has 0 amide bonds. The van der Waals surface area contributed by atoms with Gasteiger partial charge in [-0.3, -0.25) is 4.55 Å². The minimum atomic E-state index is -4.35. The Morgan fingerprint density at radius 3 is 2.18 bits per heavy atom. The Morgan fingerprint density at radius 1 is 1.12 bits per heavy atom. The molecule has 7 nitrogen and oxygen atoms in total. The van der Waals surface area contributed by atoms with Crippen LogP contribution < -0.4 is 5.73 Å². The summed E-state index contributed by atoms with van der Waals surface area (Å²) in [6.45, 7) is 0. The van der Waals surface area contributed by atoms with Crippen molar-refractivity contribution in [2.24, 2.45) is 0 Å². The van der Waals surface area contributed by atoms with Crippen LogP contribution in [0.3, 0.4) is 0 Å². The monoisotopic (exact) mass is 281 g/mol. The maximum atomic E-state index is 11.6. The Hall–Kier alpha value is -1.32. The van der Waals surface area contributed by atoms with Gasteiger partial charge in [0, 0.05) is 6.07 Å². The predicted molar refractivity (Wildman–Crippen MR) is 61.0 cm³/mol. The highest BCUT2D eigenvalue weighted by Gasteiger charge is 2.19. The van der Waals surface area contributed by atoms with Crippen molar-refractivity contribution in [2.75, 3.05) is 17.2 Å². The molecule has 0 radical (unpaired) electrons. The number of phenolic OH excluding ortho intramolecular Hbond substituents is 1. The molecule has 0 fully saturated rings. The van der Waals surface area contributed by atoms with Crippen LogP contribution in [0.15, 0.2) is 23.1 Å². The summed E-state index contributed by atoms with van der Waals surface area (Å²) < 4.78 is 52.6. The van der Waals surface area contributed by atoms with Gasteiger partial charge in [-0.15, -0.1) is 0 Å². The molecule has 0 saturated carbocycles. The van der Waals surface area contributed by atoms with Crippen LogP contribution in [0.4, 0.5) is 5.69 Å². The van der Waals surface area contributed by atoms with Crippen LogP contribution in [0.2, 0.25) is 0 Å². The normalized spacial score (nSPS) is 12.5. The molecule has 0 aliphatic carbocycles. The molecular formula is C8H11NO6S2. The second-order valence-electron chi connectivity index (χ2n) is 3.33. The van der Waals surface area contributed by atoms with Gasteiger partial charge in [0.05, 0.1) is 22.1 Å². The van der Waals surface area contributed by atoms with Crippen LogP contribution >= 0.6 is 0 Å². The van der Waals surface area contributed by atoms with Crippen LogP contribution in [0.25, 0.3) is 0 Å². The predicted octanol–water partition coefficient (Wildman–Crippen LogP) is -0.364. The average Bonchev–Trinajstić information content (AvgIpc) is 2.18. The van der Waals surface area contributed by atoms with Crippen molar-refractivity contribution in [3.63, 3.8) is 0 Å². The summed E-state index contributed by atoms with van der Waals surface area (Å²) in [7, 11) is -8.24. The quantitative estimate of drug-likeness (QED) is 0.389. The zero-order valence-electron chi connectivity index (χ0n) is 8.57. The van der Waals surface area contributed by atoms with Crippen LogP contribution in [-0.4, -0.2) is 38.0 Å². The van der Waals surface area contributed by atoms with Crippen LogP contribution in [-0.2, 0) is 20.0 Å². The van der Waals surface area contributed by atoms with Gasteiger partial charge < -0.3 is 10.8 Å². The van der Waals surface area contributed by atoms with Gasteiger partial charge in [0.2, 0.25) is 0 Å². The number of hydrogen-bond donors (Lipinski definition) is 3. The molecule has 1 aromatic rings. The minimum absolute atomic E-state index is 0.0127. The van der Waals surface area contributed by atoms with Crippen molar-refractivity contribution < 1.29 is 26.5 Å². The first-order valence-corrected chi connectivity index (χ1v) is 7.64. The summed E-state index contributed by atoms with van der Waals surface area (Å²) in [6, 6.07) is 3.26. The summed E-state index contributed by atoms with van der Waals surface area (Å²) in [5.41, 5.74) is 5.31. The Labute approximate surface area is 98.5 Å². The number of benzene rings is 1. The number of nitrogens with two attached hydrogens (primary N) is 1. The topological polar surface area (TPSA) is 135 Å². The Bertz CT molecular complexity index is 619. The SMILES string of the molecule is Nc1ccc(S(=O)(=O)CCS(=O)(=O)O)cc1O. The van der Waals surface area contributed by atoms with E-state index in [1.165, 1.54) is 6.07 Å². The van der Waals surface area contributed by atoms with Crippen LogP contribution in [0.5, 0.6) is 5.75 Å². The van der Waals surface area contributed by atoms with E-state index in [9.17, 15) is 21.9 Å². The molecule has 0 aliphatic rings. The number of anilines is 1. The lowest BCUT2D eigenvalue weighted by molar-refractivity contribution is 0.476. The van der Waals surface area contributed by atoms with Gasteiger partial charge in [-0.1, -0.05) is 0 Å². The van der Waals surface area contributed by atoms with E-state index in [1.54, 1.807) is 0 Å². The highest BCUT2D eigenvalue weighted by Crippen LogP contribution is 2.24. The number of hydrogen-bond acceptors (Lipinski definition) is 6. The fourth-order valence-corrected chi connectivity index (χ4v) is 3.57. The van der Waals surface area contributed by atoms with E-state index in [0.29, 0.717) is 0 Å². The third-order valence-electron chi connectivity index (χ3n) is 1.97. The number of aromatic hydroxyl groups is 1. The molecule has 0 atom stereocenters. The Balaban J connectivity index is 3.02. The molecule has 0 saturated heterocycles. The maximum absolute atomic E-state index is 11.6. The van der Waals surface area contributed by atoms with Gasteiger partial charge in [-0.05, 0) is 12.1 Å². The number of rotatable bonds is 4. The van der Waals surface area contributed by atoms with Gasteiger partial charge in [0.15, 0.2) is 9.84 Å². The number of sulfone groups is 1. The largest absolute Gasteiger partial charge is 0.506 e. The second-order valence-corrected chi connectivity index (χ2v) is 7.01. The minimum Gasteiger partial charge on any atom is -0.506 e. The number of nitrogen functional groups attached to an aromatic ring is 1. The lowest BCUT2D eigenvalue weighted by Gasteiger charge is -2.05. The molecule has 0 aromatic heterocycles. The molecule has 4 N–H and O–H groups in total. The van der Waals surface area contributed by atoms with E-state index in [0.717, 1.165) is 12.1 Å². The average molecular weight is 281 g/mol. The highest BCUT2D eigenvalue weighted by molar-refractivity contribution is 7.93. The fourth-order valence-electron chi connectivity index (χ4n) is 1.05. The molecular weight excluding hydrogens is 270 g/mol. The smallest absolute Gasteiger partial charge is 0.265 e. The second kappa shape index (κ2) is 4.51. The summed E-state index contributed by atoms with van der Waals surface area (Å²) >= 11 is 0. The third-order valence-corrected chi connectivity index (χ3v) is 4.66. The molecule has 9 heteroatoms. The van der Waals surface area contributed by atoms with Gasteiger partial charge >= 0.3 is 0 Å². The number of phenols is 1. The summed E-state index contributed by atoms with van der Waals surface area (Å²) in [5.74, 6) is -2.08. The third kappa shape index (κ3) is 3.88. The zero-order valence-corrected chi connectivity index (χ0v) is 10.2. The van der Waals surface area contributed by atoms with Crippen molar-refractivity contribution in [3.8, 4) is 5.75 Å². The van der Waals surface area contributed by atoms with Crippen molar-refractivity contribution >= 4 is 25.6 Å². The van der Waals surface area contributed by atoms with Crippen molar-refractivity contribution in [3.05, 3.63) is 18.2 Å². The molecule has 1 rings (SSSR count). The van der Waals surface area contributed by atoms with Crippen LogP contribution in [0.1, 0.15) is 0 Å². The first kappa shape index (κ1) is 13.7. The van der Waals surface area contributed by atoms with Gasteiger partial charge in [-0.2, -0.15) is 8.42 Å². The highest BCUT2D eigenvalue weighted by atomic mass is 32.2.